The largest absolute Gasteiger partial charge is 0.480 e. The molecule has 1 heterocycles. The van der Waals surface area contributed by atoms with E-state index in [1.165, 1.54) is 5.56 Å². The van der Waals surface area contributed by atoms with Gasteiger partial charge in [-0.25, -0.2) is 5.43 Å². The Bertz CT molecular complexity index is 353. The van der Waals surface area contributed by atoms with Crippen LogP contribution in [0.5, 0.6) is 0 Å². The molecule has 0 bridgehead atoms. The molecule has 0 spiro atoms. The number of carbonyl (C=O) groups is 1. The average molecular weight is 220 g/mol. The van der Waals surface area contributed by atoms with E-state index in [9.17, 15) is 4.79 Å². The molecule has 1 aliphatic rings. The van der Waals surface area contributed by atoms with Gasteiger partial charge in [-0.05, 0) is 24.8 Å². The van der Waals surface area contributed by atoms with Gasteiger partial charge >= 0.3 is 5.97 Å². The Hall–Kier alpha value is -1.39. The minimum Gasteiger partial charge on any atom is -0.480 e. The van der Waals surface area contributed by atoms with Crippen LogP contribution in [0, 0.1) is 0 Å². The Balaban J connectivity index is 1.78. The van der Waals surface area contributed by atoms with E-state index in [1.54, 1.807) is 0 Å². The van der Waals surface area contributed by atoms with Crippen molar-refractivity contribution in [3.8, 4) is 0 Å². The molecule has 1 aromatic rings. The maximum Gasteiger partial charge on any atom is 0.322 e. The number of carboxylic acids is 1. The maximum atomic E-state index is 10.7. The molecule has 4 nitrogen and oxygen atoms in total. The summed E-state index contributed by atoms with van der Waals surface area (Å²) in [6.45, 7) is 0. The molecule has 2 rings (SSSR count). The first-order chi connectivity index (χ1) is 7.75. The fraction of sp³-hybridized carbons (Fsp3) is 0.417. The Kier molecular flexibility index (Phi) is 3.54. The van der Waals surface area contributed by atoms with Crippen molar-refractivity contribution in [1.82, 2.24) is 10.9 Å². The number of aliphatic carboxylic acids is 1. The number of hydrogen-bond donors (Lipinski definition) is 3. The molecule has 4 heteroatoms. The van der Waals surface area contributed by atoms with Crippen LogP contribution in [0.1, 0.15) is 18.4 Å². The molecule has 0 radical (unpaired) electrons. The van der Waals surface area contributed by atoms with Gasteiger partial charge in [0.05, 0.1) is 0 Å². The van der Waals surface area contributed by atoms with Gasteiger partial charge < -0.3 is 5.11 Å². The van der Waals surface area contributed by atoms with Crippen LogP contribution in [0.2, 0.25) is 0 Å². The van der Waals surface area contributed by atoms with E-state index < -0.39 is 12.0 Å². The van der Waals surface area contributed by atoms with Crippen molar-refractivity contribution < 1.29 is 9.90 Å². The van der Waals surface area contributed by atoms with Crippen molar-refractivity contribution in [3.05, 3.63) is 35.9 Å². The Morgan fingerprint density at radius 1 is 1.31 bits per heavy atom. The monoisotopic (exact) mass is 220 g/mol. The molecule has 2 atom stereocenters. The second-order valence-corrected chi connectivity index (χ2v) is 4.14. The zero-order valence-corrected chi connectivity index (χ0v) is 9.02. The lowest BCUT2D eigenvalue weighted by Gasteiger charge is -2.08. The third-order valence-electron chi connectivity index (χ3n) is 2.90. The van der Waals surface area contributed by atoms with Gasteiger partial charge in [-0.15, -0.1) is 0 Å². The Morgan fingerprint density at radius 2 is 2.06 bits per heavy atom. The SMILES string of the molecule is O=C(O)C1CC(CCc2ccccc2)NN1. The Labute approximate surface area is 94.6 Å². The van der Waals surface area contributed by atoms with Crippen LogP contribution in [0.3, 0.4) is 0 Å². The van der Waals surface area contributed by atoms with E-state index >= 15 is 0 Å². The predicted molar refractivity (Wildman–Crippen MR) is 60.9 cm³/mol. The van der Waals surface area contributed by atoms with Gasteiger partial charge in [0.25, 0.3) is 0 Å². The van der Waals surface area contributed by atoms with Gasteiger partial charge in [-0.1, -0.05) is 30.3 Å². The summed E-state index contributed by atoms with van der Waals surface area (Å²) in [4.78, 5) is 10.7. The molecule has 3 N–H and O–H groups in total. The molecule has 86 valence electrons. The van der Waals surface area contributed by atoms with E-state index in [0.717, 1.165) is 12.8 Å². The summed E-state index contributed by atoms with van der Waals surface area (Å²) in [5.41, 5.74) is 7.11. The molecule has 1 aromatic carbocycles. The fourth-order valence-electron chi connectivity index (χ4n) is 1.96. The lowest BCUT2D eigenvalue weighted by Crippen LogP contribution is -2.37. The summed E-state index contributed by atoms with van der Waals surface area (Å²) in [7, 11) is 0. The van der Waals surface area contributed by atoms with Crippen molar-refractivity contribution >= 4 is 5.97 Å². The summed E-state index contributed by atoms with van der Waals surface area (Å²) < 4.78 is 0. The van der Waals surface area contributed by atoms with Crippen LogP contribution in [0.25, 0.3) is 0 Å². The smallest absolute Gasteiger partial charge is 0.322 e. The summed E-state index contributed by atoms with van der Waals surface area (Å²) in [5.74, 6) is -0.783. The van der Waals surface area contributed by atoms with Gasteiger partial charge in [0.1, 0.15) is 6.04 Å². The minimum absolute atomic E-state index is 0.251. The van der Waals surface area contributed by atoms with Crippen LogP contribution < -0.4 is 10.9 Å². The van der Waals surface area contributed by atoms with Crippen molar-refractivity contribution in [1.29, 1.82) is 0 Å². The van der Waals surface area contributed by atoms with Crippen LogP contribution in [0.15, 0.2) is 30.3 Å². The first-order valence-corrected chi connectivity index (χ1v) is 5.53. The molecule has 1 fully saturated rings. The van der Waals surface area contributed by atoms with Gasteiger partial charge in [-0.3, -0.25) is 10.2 Å². The zero-order valence-electron chi connectivity index (χ0n) is 9.02. The summed E-state index contributed by atoms with van der Waals surface area (Å²) in [5, 5.41) is 8.81. The minimum atomic E-state index is -0.783. The van der Waals surface area contributed by atoms with Crippen LogP contribution in [0.4, 0.5) is 0 Å². The molecule has 1 saturated heterocycles. The zero-order chi connectivity index (χ0) is 11.4. The van der Waals surface area contributed by atoms with Crippen molar-refractivity contribution in [3.63, 3.8) is 0 Å². The fourth-order valence-corrected chi connectivity index (χ4v) is 1.96. The third-order valence-corrected chi connectivity index (χ3v) is 2.90. The summed E-state index contributed by atoms with van der Waals surface area (Å²) >= 11 is 0. The molecule has 16 heavy (non-hydrogen) atoms. The number of hydrazine groups is 1. The molecule has 1 aliphatic heterocycles. The van der Waals surface area contributed by atoms with Gasteiger partial charge in [-0.2, -0.15) is 0 Å². The summed E-state index contributed by atoms with van der Waals surface area (Å²) in [6.07, 6.45) is 2.59. The Morgan fingerprint density at radius 3 is 2.69 bits per heavy atom. The quantitative estimate of drug-likeness (QED) is 0.706. The van der Waals surface area contributed by atoms with Gasteiger partial charge in [0.2, 0.25) is 0 Å². The highest BCUT2D eigenvalue weighted by molar-refractivity contribution is 5.73. The van der Waals surface area contributed by atoms with E-state index in [2.05, 4.69) is 23.0 Å². The first kappa shape index (κ1) is 11.1. The lowest BCUT2D eigenvalue weighted by atomic mass is 10.0. The molecule has 0 saturated carbocycles. The second kappa shape index (κ2) is 5.09. The number of rotatable bonds is 4. The highest BCUT2D eigenvalue weighted by Crippen LogP contribution is 2.12. The van der Waals surface area contributed by atoms with E-state index in [1.807, 2.05) is 18.2 Å². The molecule has 0 aromatic heterocycles. The lowest BCUT2D eigenvalue weighted by molar-refractivity contribution is -0.139. The standard InChI is InChI=1S/C12H16N2O2/c15-12(16)11-8-10(13-14-11)7-6-9-4-2-1-3-5-9/h1-5,10-11,13-14H,6-8H2,(H,15,16). The van der Waals surface area contributed by atoms with Crippen molar-refractivity contribution in [2.24, 2.45) is 0 Å². The third kappa shape index (κ3) is 2.81. The summed E-state index contributed by atoms with van der Waals surface area (Å²) in [6, 6.07) is 10.0. The number of aryl methyl sites for hydroxylation is 1. The normalized spacial score (nSPS) is 24.5. The number of carboxylic acid groups (broad SMARTS) is 1. The van der Waals surface area contributed by atoms with Gasteiger partial charge in [0, 0.05) is 6.04 Å². The first-order valence-electron chi connectivity index (χ1n) is 5.53. The maximum absolute atomic E-state index is 10.7. The molecular formula is C12H16N2O2. The molecule has 2 unspecified atom stereocenters. The van der Waals surface area contributed by atoms with E-state index in [0.29, 0.717) is 6.42 Å². The topological polar surface area (TPSA) is 61.4 Å². The molecular weight excluding hydrogens is 204 g/mol. The van der Waals surface area contributed by atoms with Gasteiger partial charge in [0.15, 0.2) is 0 Å². The number of hydrogen-bond acceptors (Lipinski definition) is 3. The van der Waals surface area contributed by atoms with E-state index in [-0.39, 0.29) is 6.04 Å². The molecule has 0 amide bonds. The highest BCUT2D eigenvalue weighted by Gasteiger charge is 2.28. The average Bonchev–Trinajstić information content (AvgIpc) is 2.76. The van der Waals surface area contributed by atoms with Crippen molar-refractivity contribution in [2.75, 3.05) is 0 Å². The van der Waals surface area contributed by atoms with E-state index in [4.69, 9.17) is 5.11 Å². The van der Waals surface area contributed by atoms with Crippen LogP contribution in [-0.2, 0) is 11.2 Å². The second-order valence-electron chi connectivity index (χ2n) is 4.14. The molecule has 0 aliphatic carbocycles. The predicted octanol–water partition coefficient (Wildman–Crippen LogP) is 0.939. The number of nitrogens with one attached hydrogen (secondary N) is 2. The van der Waals surface area contributed by atoms with Crippen LogP contribution in [-0.4, -0.2) is 23.2 Å². The van der Waals surface area contributed by atoms with Crippen LogP contribution >= 0.6 is 0 Å². The highest BCUT2D eigenvalue weighted by atomic mass is 16.4. The number of benzene rings is 1. The van der Waals surface area contributed by atoms with Crippen molar-refractivity contribution in [2.45, 2.75) is 31.3 Å².